The Kier molecular flexibility index (Phi) is 5.78. The number of anilines is 2. The lowest BCUT2D eigenvalue weighted by Crippen LogP contribution is -2.27. The molecule has 2 N–H and O–H groups in total. The third kappa shape index (κ3) is 4.35. The van der Waals surface area contributed by atoms with Crippen LogP contribution in [0.2, 0.25) is 0 Å². The second-order valence-corrected chi connectivity index (χ2v) is 7.10. The molecule has 5 nitrogen and oxygen atoms in total. The molecule has 0 saturated heterocycles. The third-order valence-corrected chi connectivity index (χ3v) is 4.78. The molecule has 0 heterocycles. The molecule has 2 aromatic rings. The van der Waals surface area contributed by atoms with Crippen molar-refractivity contribution in [2.45, 2.75) is 19.3 Å². The second kappa shape index (κ2) is 8.23. The van der Waals surface area contributed by atoms with E-state index in [2.05, 4.69) is 35.7 Å². The van der Waals surface area contributed by atoms with Gasteiger partial charge in [-0.25, -0.2) is 4.79 Å². The van der Waals surface area contributed by atoms with E-state index >= 15 is 0 Å². The summed E-state index contributed by atoms with van der Waals surface area (Å²) in [5.74, 6) is 1.46. The van der Waals surface area contributed by atoms with Crippen molar-refractivity contribution in [1.29, 1.82) is 0 Å². The maximum atomic E-state index is 12.3. The van der Waals surface area contributed by atoms with Gasteiger partial charge in [-0.15, -0.1) is 0 Å². The van der Waals surface area contributed by atoms with E-state index in [-0.39, 0.29) is 6.03 Å². The quantitative estimate of drug-likeness (QED) is 0.854. The van der Waals surface area contributed by atoms with Crippen LogP contribution in [0.5, 0.6) is 5.75 Å². The van der Waals surface area contributed by atoms with Crippen molar-refractivity contribution in [2.24, 2.45) is 5.92 Å². The molecule has 0 spiro atoms. The highest BCUT2D eigenvalue weighted by Crippen LogP contribution is 2.37. The van der Waals surface area contributed by atoms with Crippen LogP contribution in [0.4, 0.5) is 16.2 Å². The standard InChI is InChI=1S/C21H27N3O2/c1-24(2)14-15-9-11-18-16(13-15)10-12-19(20(18)26-3)23-21(25)22-17-7-5-4-6-8-17/h4-8,10,12,15H,9,11,13-14H2,1-3H3,(H2,22,23,25). The minimum absolute atomic E-state index is 0.268. The van der Waals surface area contributed by atoms with Gasteiger partial charge in [0.25, 0.3) is 0 Å². The summed E-state index contributed by atoms with van der Waals surface area (Å²) in [7, 11) is 5.91. The van der Waals surface area contributed by atoms with Gasteiger partial charge < -0.3 is 20.3 Å². The number of urea groups is 1. The molecule has 0 bridgehead atoms. The number of carbonyl (C=O) groups excluding carboxylic acids is 1. The first kappa shape index (κ1) is 18.3. The molecule has 1 aliphatic rings. The van der Waals surface area contributed by atoms with E-state index in [1.807, 2.05) is 36.4 Å². The van der Waals surface area contributed by atoms with Gasteiger partial charge in [-0.2, -0.15) is 0 Å². The Morgan fingerprint density at radius 2 is 1.92 bits per heavy atom. The smallest absolute Gasteiger partial charge is 0.323 e. The first-order valence-corrected chi connectivity index (χ1v) is 9.03. The number of hydrogen-bond acceptors (Lipinski definition) is 3. The Morgan fingerprint density at radius 1 is 1.15 bits per heavy atom. The van der Waals surface area contributed by atoms with E-state index in [0.29, 0.717) is 11.6 Å². The normalized spacial score (nSPS) is 16.1. The minimum Gasteiger partial charge on any atom is -0.494 e. The van der Waals surface area contributed by atoms with Crippen LogP contribution in [-0.4, -0.2) is 38.7 Å². The van der Waals surface area contributed by atoms with Crippen molar-refractivity contribution < 1.29 is 9.53 Å². The lowest BCUT2D eigenvalue weighted by Gasteiger charge is -2.29. The van der Waals surface area contributed by atoms with Gasteiger partial charge in [0.15, 0.2) is 0 Å². The number of para-hydroxylation sites is 1. The number of methoxy groups -OCH3 is 1. The summed E-state index contributed by atoms with van der Waals surface area (Å²) in [6.07, 6.45) is 3.18. The van der Waals surface area contributed by atoms with E-state index in [1.165, 1.54) is 11.1 Å². The van der Waals surface area contributed by atoms with Gasteiger partial charge in [-0.1, -0.05) is 24.3 Å². The van der Waals surface area contributed by atoms with Crippen molar-refractivity contribution in [3.63, 3.8) is 0 Å². The Labute approximate surface area is 155 Å². The maximum absolute atomic E-state index is 12.3. The van der Waals surface area contributed by atoms with E-state index in [0.717, 1.165) is 37.2 Å². The maximum Gasteiger partial charge on any atom is 0.323 e. The van der Waals surface area contributed by atoms with Gasteiger partial charge in [-0.05, 0) is 68.6 Å². The summed E-state index contributed by atoms with van der Waals surface area (Å²) >= 11 is 0. The summed E-state index contributed by atoms with van der Waals surface area (Å²) in [6, 6.07) is 13.2. The van der Waals surface area contributed by atoms with Crippen molar-refractivity contribution >= 4 is 17.4 Å². The molecular weight excluding hydrogens is 326 g/mol. The molecule has 0 radical (unpaired) electrons. The van der Waals surface area contributed by atoms with Gasteiger partial charge >= 0.3 is 6.03 Å². The Hall–Kier alpha value is -2.53. The molecular formula is C21H27N3O2. The van der Waals surface area contributed by atoms with E-state index in [1.54, 1.807) is 7.11 Å². The molecule has 26 heavy (non-hydrogen) atoms. The monoisotopic (exact) mass is 353 g/mol. The summed E-state index contributed by atoms with van der Waals surface area (Å²) in [5.41, 5.74) is 4.02. The van der Waals surface area contributed by atoms with Crippen LogP contribution < -0.4 is 15.4 Å². The lowest BCUT2D eigenvalue weighted by atomic mass is 9.83. The molecule has 1 aliphatic carbocycles. The first-order valence-electron chi connectivity index (χ1n) is 9.03. The summed E-state index contributed by atoms with van der Waals surface area (Å²) < 4.78 is 5.66. The van der Waals surface area contributed by atoms with Crippen LogP contribution in [-0.2, 0) is 12.8 Å². The van der Waals surface area contributed by atoms with Gasteiger partial charge in [0.05, 0.1) is 12.8 Å². The fourth-order valence-electron chi connectivity index (χ4n) is 3.71. The second-order valence-electron chi connectivity index (χ2n) is 7.10. The van der Waals surface area contributed by atoms with E-state index < -0.39 is 0 Å². The highest BCUT2D eigenvalue weighted by atomic mass is 16.5. The molecule has 1 unspecified atom stereocenters. The number of nitrogens with zero attached hydrogens (tertiary/aromatic N) is 1. The zero-order chi connectivity index (χ0) is 18.5. The van der Waals surface area contributed by atoms with Gasteiger partial charge in [0.1, 0.15) is 5.75 Å². The predicted octanol–water partition coefficient (Wildman–Crippen LogP) is 4.01. The number of carbonyl (C=O) groups is 1. The highest BCUT2D eigenvalue weighted by molar-refractivity contribution is 6.00. The van der Waals surface area contributed by atoms with Gasteiger partial charge in [0, 0.05) is 12.2 Å². The van der Waals surface area contributed by atoms with E-state index in [4.69, 9.17) is 4.74 Å². The van der Waals surface area contributed by atoms with Crippen LogP contribution >= 0.6 is 0 Å². The average Bonchev–Trinajstić information content (AvgIpc) is 2.62. The van der Waals surface area contributed by atoms with Crippen LogP contribution in [0.1, 0.15) is 17.5 Å². The molecule has 5 heteroatoms. The fourth-order valence-corrected chi connectivity index (χ4v) is 3.71. The van der Waals surface area contributed by atoms with Crippen LogP contribution in [0.3, 0.4) is 0 Å². The zero-order valence-corrected chi connectivity index (χ0v) is 15.7. The molecule has 3 rings (SSSR count). The van der Waals surface area contributed by atoms with Gasteiger partial charge in [-0.3, -0.25) is 0 Å². The van der Waals surface area contributed by atoms with Crippen LogP contribution in [0.15, 0.2) is 42.5 Å². The highest BCUT2D eigenvalue weighted by Gasteiger charge is 2.24. The SMILES string of the molecule is COc1c(NC(=O)Nc2ccccc2)ccc2c1CCC(CN(C)C)C2. The average molecular weight is 353 g/mol. The molecule has 1 atom stereocenters. The molecule has 138 valence electrons. The molecule has 0 saturated carbocycles. The number of rotatable bonds is 5. The number of amides is 2. The number of benzene rings is 2. The largest absolute Gasteiger partial charge is 0.494 e. The molecule has 2 amide bonds. The minimum atomic E-state index is -0.268. The van der Waals surface area contributed by atoms with Gasteiger partial charge in [0.2, 0.25) is 0 Å². The Balaban J connectivity index is 1.74. The number of fused-ring (bicyclic) bond motifs is 1. The van der Waals surface area contributed by atoms with Crippen molar-refractivity contribution in [2.75, 3.05) is 38.4 Å². The Morgan fingerprint density at radius 3 is 2.62 bits per heavy atom. The molecule has 0 fully saturated rings. The Bertz CT molecular complexity index is 759. The van der Waals surface area contributed by atoms with Crippen LogP contribution in [0, 0.1) is 5.92 Å². The van der Waals surface area contributed by atoms with Crippen molar-refractivity contribution in [1.82, 2.24) is 4.90 Å². The summed E-state index contributed by atoms with van der Waals surface area (Å²) in [4.78, 5) is 14.6. The third-order valence-electron chi connectivity index (χ3n) is 4.78. The van der Waals surface area contributed by atoms with Crippen molar-refractivity contribution in [3.05, 3.63) is 53.6 Å². The number of hydrogen-bond donors (Lipinski definition) is 2. The lowest BCUT2D eigenvalue weighted by molar-refractivity contribution is 0.262. The summed E-state index contributed by atoms with van der Waals surface area (Å²) in [6.45, 7) is 1.10. The number of nitrogens with one attached hydrogen (secondary N) is 2. The van der Waals surface area contributed by atoms with Crippen molar-refractivity contribution in [3.8, 4) is 5.75 Å². The first-order chi connectivity index (χ1) is 12.6. The van der Waals surface area contributed by atoms with E-state index in [9.17, 15) is 4.79 Å². The van der Waals surface area contributed by atoms with Crippen LogP contribution in [0.25, 0.3) is 0 Å². The summed E-state index contributed by atoms with van der Waals surface area (Å²) in [5, 5.41) is 5.76. The molecule has 2 aromatic carbocycles. The zero-order valence-electron chi connectivity index (χ0n) is 15.7. The predicted molar refractivity (Wildman–Crippen MR) is 106 cm³/mol. The number of ether oxygens (including phenoxy) is 1. The molecule has 0 aromatic heterocycles. The topological polar surface area (TPSA) is 53.6 Å². The fraction of sp³-hybridized carbons (Fsp3) is 0.381. The molecule has 0 aliphatic heterocycles.